The molecule has 0 aliphatic rings. The standard InChI is InChI=1S/C19H14Cl2N2O/c20-17-11-10-16(12-18(17)21)23-19(24)22-15-8-6-14(7-9-15)13-4-2-1-3-5-13/h1-12H,(H2,22,23,24). The van der Waals surface area contributed by atoms with Gasteiger partial charge in [0.15, 0.2) is 0 Å². The van der Waals surface area contributed by atoms with Crippen molar-refractivity contribution in [1.82, 2.24) is 0 Å². The first-order chi connectivity index (χ1) is 11.6. The van der Waals surface area contributed by atoms with Gasteiger partial charge in [-0.15, -0.1) is 0 Å². The van der Waals surface area contributed by atoms with Crippen molar-refractivity contribution in [2.24, 2.45) is 0 Å². The molecule has 24 heavy (non-hydrogen) atoms. The molecule has 0 radical (unpaired) electrons. The Hall–Kier alpha value is -2.49. The van der Waals surface area contributed by atoms with Gasteiger partial charge in [-0.05, 0) is 41.5 Å². The zero-order valence-corrected chi connectivity index (χ0v) is 14.1. The number of carbonyl (C=O) groups excluding carboxylic acids is 1. The van der Waals surface area contributed by atoms with Crippen molar-refractivity contribution in [3.05, 3.63) is 82.8 Å². The van der Waals surface area contributed by atoms with Gasteiger partial charge in [-0.3, -0.25) is 0 Å². The van der Waals surface area contributed by atoms with Gasteiger partial charge in [-0.1, -0.05) is 65.7 Å². The van der Waals surface area contributed by atoms with Crippen LogP contribution in [0.15, 0.2) is 72.8 Å². The number of carbonyl (C=O) groups is 1. The van der Waals surface area contributed by atoms with Gasteiger partial charge in [-0.2, -0.15) is 0 Å². The van der Waals surface area contributed by atoms with Crippen LogP contribution in [-0.4, -0.2) is 6.03 Å². The summed E-state index contributed by atoms with van der Waals surface area (Å²) in [4.78, 5) is 12.0. The number of urea groups is 1. The van der Waals surface area contributed by atoms with Crippen molar-refractivity contribution >= 4 is 40.6 Å². The second-order valence-electron chi connectivity index (χ2n) is 5.15. The average Bonchev–Trinajstić information content (AvgIpc) is 2.59. The number of hydrogen-bond acceptors (Lipinski definition) is 1. The fourth-order valence-electron chi connectivity index (χ4n) is 2.24. The highest BCUT2D eigenvalue weighted by atomic mass is 35.5. The number of rotatable bonds is 3. The second kappa shape index (κ2) is 7.39. The van der Waals surface area contributed by atoms with E-state index in [0.29, 0.717) is 21.4 Å². The maximum Gasteiger partial charge on any atom is 0.323 e. The summed E-state index contributed by atoms with van der Waals surface area (Å²) in [6, 6.07) is 22.3. The second-order valence-corrected chi connectivity index (χ2v) is 5.97. The molecule has 0 saturated carbocycles. The first kappa shape index (κ1) is 16.4. The van der Waals surface area contributed by atoms with Crippen LogP contribution in [0.5, 0.6) is 0 Å². The molecule has 0 heterocycles. The highest BCUT2D eigenvalue weighted by Crippen LogP contribution is 2.25. The number of benzene rings is 3. The molecule has 3 rings (SSSR count). The third-order valence-corrected chi connectivity index (χ3v) is 4.17. The Balaban J connectivity index is 1.65. The molecule has 0 aromatic heterocycles. The third kappa shape index (κ3) is 4.07. The molecule has 0 aliphatic heterocycles. The number of hydrogen-bond donors (Lipinski definition) is 2. The van der Waals surface area contributed by atoms with Crippen LogP contribution in [0.25, 0.3) is 11.1 Å². The largest absolute Gasteiger partial charge is 0.323 e. The maximum atomic E-state index is 12.0. The number of halogens is 2. The summed E-state index contributed by atoms with van der Waals surface area (Å²) in [5.74, 6) is 0. The van der Waals surface area contributed by atoms with Gasteiger partial charge in [0.1, 0.15) is 0 Å². The Bertz CT molecular complexity index is 849. The molecule has 0 atom stereocenters. The summed E-state index contributed by atoms with van der Waals surface area (Å²) in [5.41, 5.74) is 3.49. The quantitative estimate of drug-likeness (QED) is 0.567. The summed E-state index contributed by atoms with van der Waals surface area (Å²) in [6.07, 6.45) is 0. The van der Waals surface area contributed by atoms with Crippen LogP contribution in [0.3, 0.4) is 0 Å². The maximum absolute atomic E-state index is 12.0. The molecule has 3 aromatic rings. The first-order valence-electron chi connectivity index (χ1n) is 7.30. The van der Waals surface area contributed by atoms with E-state index < -0.39 is 0 Å². The predicted molar refractivity (Wildman–Crippen MR) is 101 cm³/mol. The fraction of sp³-hybridized carbons (Fsp3) is 0. The van der Waals surface area contributed by atoms with Crippen LogP contribution in [-0.2, 0) is 0 Å². The van der Waals surface area contributed by atoms with E-state index in [9.17, 15) is 4.79 Å². The lowest BCUT2D eigenvalue weighted by Gasteiger charge is -2.09. The first-order valence-corrected chi connectivity index (χ1v) is 8.06. The third-order valence-electron chi connectivity index (χ3n) is 3.43. The molecule has 0 bridgehead atoms. The zero-order valence-electron chi connectivity index (χ0n) is 12.6. The van der Waals surface area contributed by atoms with Crippen molar-refractivity contribution in [3.8, 4) is 11.1 Å². The normalized spacial score (nSPS) is 10.2. The molecular formula is C19H14Cl2N2O. The van der Waals surface area contributed by atoms with Crippen molar-refractivity contribution in [2.45, 2.75) is 0 Å². The Kier molecular flexibility index (Phi) is 5.04. The molecule has 2 N–H and O–H groups in total. The number of amides is 2. The molecule has 0 aliphatic carbocycles. The van der Waals surface area contributed by atoms with Gasteiger partial charge < -0.3 is 10.6 Å². The average molecular weight is 357 g/mol. The lowest BCUT2D eigenvalue weighted by atomic mass is 10.1. The summed E-state index contributed by atoms with van der Waals surface area (Å²) in [6.45, 7) is 0. The van der Waals surface area contributed by atoms with E-state index in [4.69, 9.17) is 23.2 Å². The van der Waals surface area contributed by atoms with Crippen LogP contribution in [0.2, 0.25) is 10.0 Å². The topological polar surface area (TPSA) is 41.1 Å². The highest BCUT2D eigenvalue weighted by Gasteiger charge is 2.05. The van der Waals surface area contributed by atoms with Crippen LogP contribution in [0.4, 0.5) is 16.2 Å². The van der Waals surface area contributed by atoms with Crippen LogP contribution in [0.1, 0.15) is 0 Å². The molecule has 0 unspecified atom stereocenters. The highest BCUT2D eigenvalue weighted by molar-refractivity contribution is 6.42. The van der Waals surface area contributed by atoms with E-state index in [1.165, 1.54) is 0 Å². The van der Waals surface area contributed by atoms with Crippen LogP contribution in [0, 0.1) is 0 Å². The molecule has 0 fully saturated rings. The van der Waals surface area contributed by atoms with Crippen molar-refractivity contribution < 1.29 is 4.79 Å². The number of nitrogens with one attached hydrogen (secondary N) is 2. The lowest BCUT2D eigenvalue weighted by Crippen LogP contribution is -2.19. The summed E-state index contributed by atoms with van der Waals surface area (Å²) >= 11 is 11.8. The van der Waals surface area contributed by atoms with Gasteiger partial charge in [0.05, 0.1) is 10.0 Å². The minimum absolute atomic E-state index is 0.346. The van der Waals surface area contributed by atoms with E-state index in [0.717, 1.165) is 11.1 Å². The molecule has 0 spiro atoms. The predicted octanol–water partition coefficient (Wildman–Crippen LogP) is 6.30. The van der Waals surface area contributed by atoms with Crippen LogP contribution < -0.4 is 10.6 Å². The molecule has 5 heteroatoms. The van der Waals surface area contributed by atoms with Crippen molar-refractivity contribution in [2.75, 3.05) is 10.6 Å². The zero-order chi connectivity index (χ0) is 16.9. The Labute approximate surface area is 150 Å². The van der Waals surface area contributed by atoms with Gasteiger partial charge in [0, 0.05) is 11.4 Å². The molecule has 2 amide bonds. The lowest BCUT2D eigenvalue weighted by molar-refractivity contribution is 0.262. The summed E-state index contributed by atoms with van der Waals surface area (Å²) < 4.78 is 0. The van der Waals surface area contributed by atoms with Gasteiger partial charge in [-0.25, -0.2) is 4.79 Å². The van der Waals surface area contributed by atoms with Gasteiger partial charge >= 0.3 is 6.03 Å². The smallest absolute Gasteiger partial charge is 0.308 e. The number of anilines is 2. The van der Waals surface area contributed by atoms with Crippen molar-refractivity contribution in [3.63, 3.8) is 0 Å². The molecular weight excluding hydrogens is 343 g/mol. The Morgan fingerprint density at radius 1 is 0.667 bits per heavy atom. The van der Waals surface area contributed by atoms with E-state index in [1.807, 2.05) is 54.6 Å². The van der Waals surface area contributed by atoms with Crippen LogP contribution >= 0.6 is 23.2 Å². The van der Waals surface area contributed by atoms with E-state index in [2.05, 4.69) is 10.6 Å². The minimum atomic E-state index is -0.346. The Morgan fingerprint density at radius 2 is 1.25 bits per heavy atom. The summed E-state index contributed by atoms with van der Waals surface area (Å²) in [5, 5.41) is 6.32. The minimum Gasteiger partial charge on any atom is -0.308 e. The van der Waals surface area contributed by atoms with E-state index in [1.54, 1.807) is 18.2 Å². The molecule has 3 nitrogen and oxygen atoms in total. The Morgan fingerprint density at radius 3 is 1.92 bits per heavy atom. The van der Waals surface area contributed by atoms with Gasteiger partial charge in [0.2, 0.25) is 0 Å². The van der Waals surface area contributed by atoms with E-state index in [-0.39, 0.29) is 6.03 Å². The van der Waals surface area contributed by atoms with E-state index >= 15 is 0 Å². The monoisotopic (exact) mass is 356 g/mol. The summed E-state index contributed by atoms with van der Waals surface area (Å²) in [7, 11) is 0. The fourth-order valence-corrected chi connectivity index (χ4v) is 2.54. The SMILES string of the molecule is O=C(Nc1ccc(-c2ccccc2)cc1)Nc1ccc(Cl)c(Cl)c1. The van der Waals surface area contributed by atoms with Gasteiger partial charge in [0.25, 0.3) is 0 Å². The molecule has 3 aromatic carbocycles. The molecule has 0 saturated heterocycles. The van der Waals surface area contributed by atoms with Crippen molar-refractivity contribution in [1.29, 1.82) is 0 Å². The molecule has 120 valence electrons.